The number of methoxy groups -OCH3 is 2. The molecule has 0 spiro atoms. The van der Waals surface area contributed by atoms with E-state index in [1.54, 1.807) is 31.1 Å². The topological polar surface area (TPSA) is 88.2 Å². The van der Waals surface area contributed by atoms with Crippen LogP contribution in [0.4, 0.5) is 11.4 Å². The molecular weight excluding hydrogens is 434 g/mol. The first-order valence-corrected chi connectivity index (χ1v) is 11.4. The van der Waals surface area contributed by atoms with E-state index in [0.29, 0.717) is 23.1 Å². The normalized spacial score (nSPS) is 16.2. The molecule has 1 fully saturated rings. The van der Waals surface area contributed by atoms with Crippen LogP contribution in [0.3, 0.4) is 0 Å². The third kappa shape index (κ3) is 5.00. The molecule has 8 nitrogen and oxygen atoms in total. The Hall–Kier alpha value is -3.55. The van der Waals surface area contributed by atoms with Gasteiger partial charge in [0, 0.05) is 38.8 Å². The predicted molar refractivity (Wildman–Crippen MR) is 132 cm³/mol. The van der Waals surface area contributed by atoms with Crippen molar-refractivity contribution in [3.05, 3.63) is 47.5 Å². The molecule has 34 heavy (non-hydrogen) atoms. The fraction of sp³-hybridized carbons (Fsp3) is 0.423. The lowest BCUT2D eigenvalue weighted by atomic mass is 9.96. The van der Waals surface area contributed by atoms with Crippen LogP contribution in [-0.4, -0.2) is 57.5 Å². The van der Waals surface area contributed by atoms with E-state index in [9.17, 15) is 14.4 Å². The standard InChI is InChI=1S/C26H33N3O5/c1-7-16(2)18-10-8-9-11-21(18)29-15-17(12-24(29)30)25(31)27-20-14-23(34-6)22(33-5)13-19(20)26(32)28(3)4/h8-11,13-14,16-17H,7,12,15H2,1-6H3,(H,27,31). The monoisotopic (exact) mass is 467 g/mol. The summed E-state index contributed by atoms with van der Waals surface area (Å²) in [4.78, 5) is 42.0. The third-order valence-electron chi connectivity index (χ3n) is 6.28. The highest BCUT2D eigenvalue weighted by Crippen LogP contribution is 2.36. The number of ether oxygens (including phenoxy) is 2. The third-order valence-corrected chi connectivity index (χ3v) is 6.28. The van der Waals surface area contributed by atoms with Crippen LogP contribution in [0.5, 0.6) is 11.5 Å². The van der Waals surface area contributed by atoms with Crippen molar-refractivity contribution in [1.29, 1.82) is 0 Å². The summed E-state index contributed by atoms with van der Waals surface area (Å²) in [6, 6.07) is 11.0. The second-order valence-electron chi connectivity index (χ2n) is 8.72. The predicted octanol–water partition coefficient (Wildman–Crippen LogP) is 3.91. The number of carbonyl (C=O) groups excluding carboxylic acids is 3. The molecule has 2 unspecified atom stereocenters. The van der Waals surface area contributed by atoms with Gasteiger partial charge in [-0.15, -0.1) is 0 Å². The average molecular weight is 468 g/mol. The number of rotatable bonds is 8. The van der Waals surface area contributed by atoms with Crippen LogP contribution < -0.4 is 19.7 Å². The molecule has 1 N–H and O–H groups in total. The largest absolute Gasteiger partial charge is 0.493 e. The number of para-hydroxylation sites is 1. The number of amides is 3. The number of hydrogen-bond donors (Lipinski definition) is 1. The van der Waals surface area contributed by atoms with Gasteiger partial charge in [-0.25, -0.2) is 0 Å². The number of nitrogens with one attached hydrogen (secondary N) is 1. The maximum atomic E-state index is 13.2. The van der Waals surface area contributed by atoms with Crippen LogP contribution in [0.25, 0.3) is 0 Å². The van der Waals surface area contributed by atoms with E-state index in [1.165, 1.54) is 19.1 Å². The van der Waals surface area contributed by atoms with Crippen LogP contribution in [0, 0.1) is 5.92 Å². The molecular formula is C26H33N3O5. The summed E-state index contributed by atoms with van der Waals surface area (Å²) in [5.41, 5.74) is 2.54. The zero-order chi connectivity index (χ0) is 25.0. The molecule has 0 saturated carbocycles. The van der Waals surface area contributed by atoms with Gasteiger partial charge in [-0.3, -0.25) is 14.4 Å². The quantitative estimate of drug-likeness (QED) is 0.636. The molecule has 1 heterocycles. The van der Waals surface area contributed by atoms with E-state index < -0.39 is 5.92 Å². The van der Waals surface area contributed by atoms with E-state index in [-0.39, 0.29) is 36.3 Å². The zero-order valence-electron chi connectivity index (χ0n) is 20.7. The number of hydrogen-bond acceptors (Lipinski definition) is 5. The highest BCUT2D eigenvalue weighted by molar-refractivity contribution is 6.07. The van der Waals surface area contributed by atoms with Gasteiger partial charge in [0.1, 0.15) is 0 Å². The van der Waals surface area contributed by atoms with Crippen molar-refractivity contribution in [2.75, 3.05) is 45.1 Å². The molecule has 8 heteroatoms. The Morgan fingerprint density at radius 2 is 1.79 bits per heavy atom. The summed E-state index contributed by atoms with van der Waals surface area (Å²) >= 11 is 0. The molecule has 182 valence electrons. The highest BCUT2D eigenvalue weighted by Gasteiger charge is 2.36. The van der Waals surface area contributed by atoms with Crippen molar-refractivity contribution in [3.63, 3.8) is 0 Å². The SMILES string of the molecule is CCC(C)c1ccccc1N1CC(C(=O)Nc2cc(OC)c(OC)cc2C(=O)N(C)C)CC1=O. The molecule has 3 amide bonds. The summed E-state index contributed by atoms with van der Waals surface area (Å²) in [6.07, 6.45) is 1.05. The molecule has 2 aromatic carbocycles. The van der Waals surface area contributed by atoms with Crippen molar-refractivity contribution in [2.24, 2.45) is 5.92 Å². The lowest BCUT2D eigenvalue weighted by Crippen LogP contribution is -2.30. The first-order valence-electron chi connectivity index (χ1n) is 11.4. The number of anilines is 2. The Labute approximate surface area is 200 Å². The van der Waals surface area contributed by atoms with Crippen molar-refractivity contribution in [3.8, 4) is 11.5 Å². The van der Waals surface area contributed by atoms with Crippen molar-refractivity contribution >= 4 is 29.1 Å². The first kappa shape index (κ1) is 25.1. The maximum absolute atomic E-state index is 13.2. The van der Waals surface area contributed by atoms with Gasteiger partial charge in [0.05, 0.1) is 31.4 Å². The summed E-state index contributed by atoms with van der Waals surface area (Å²) in [6.45, 7) is 4.52. The minimum atomic E-state index is -0.548. The minimum Gasteiger partial charge on any atom is -0.493 e. The van der Waals surface area contributed by atoms with Crippen LogP contribution in [0.15, 0.2) is 36.4 Å². The van der Waals surface area contributed by atoms with Gasteiger partial charge in [-0.2, -0.15) is 0 Å². The zero-order valence-corrected chi connectivity index (χ0v) is 20.7. The van der Waals surface area contributed by atoms with Crippen molar-refractivity contribution in [2.45, 2.75) is 32.6 Å². The Morgan fingerprint density at radius 1 is 1.15 bits per heavy atom. The Kier molecular flexibility index (Phi) is 7.81. The molecule has 1 aliphatic heterocycles. The van der Waals surface area contributed by atoms with Crippen molar-refractivity contribution < 1.29 is 23.9 Å². The van der Waals surface area contributed by atoms with Crippen LogP contribution in [0.1, 0.15) is 48.5 Å². The highest BCUT2D eigenvalue weighted by atomic mass is 16.5. The molecule has 0 aromatic heterocycles. The van der Waals surface area contributed by atoms with Gasteiger partial charge in [0.15, 0.2) is 11.5 Å². The van der Waals surface area contributed by atoms with Gasteiger partial charge < -0.3 is 24.6 Å². The van der Waals surface area contributed by atoms with Crippen LogP contribution in [0.2, 0.25) is 0 Å². The Balaban J connectivity index is 1.87. The fourth-order valence-electron chi connectivity index (χ4n) is 4.12. The summed E-state index contributed by atoms with van der Waals surface area (Å²) in [7, 11) is 6.23. The molecule has 1 aliphatic rings. The molecule has 0 aliphatic carbocycles. The second-order valence-corrected chi connectivity index (χ2v) is 8.72. The van der Waals surface area contributed by atoms with Crippen LogP contribution >= 0.6 is 0 Å². The van der Waals surface area contributed by atoms with Gasteiger partial charge >= 0.3 is 0 Å². The summed E-state index contributed by atoms with van der Waals surface area (Å²) in [5, 5.41) is 2.85. The summed E-state index contributed by atoms with van der Waals surface area (Å²) in [5.74, 6) is -0.182. The minimum absolute atomic E-state index is 0.0900. The molecule has 2 atom stereocenters. The van der Waals surface area contributed by atoms with Crippen LogP contribution in [-0.2, 0) is 9.59 Å². The molecule has 0 bridgehead atoms. The molecule has 1 saturated heterocycles. The van der Waals surface area contributed by atoms with Gasteiger partial charge in [-0.05, 0) is 30.0 Å². The number of benzene rings is 2. The lowest BCUT2D eigenvalue weighted by Gasteiger charge is -2.23. The second kappa shape index (κ2) is 10.6. The molecule has 0 radical (unpaired) electrons. The number of carbonyl (C=O) groups is 3. The van der Waals surface area contributed by atoms with Gasteiger partial charge in [0.2, 0.25) is 11.8 Å². The smallest absolute Gasteiger partial charge is 0.255 e. The van der Waals surface area contributed by atoms with E-state index >= 15 is 0 Å². The molecule has 2 aromatic rings. The van der Waals surface area contributed by atoms with Gasteiger partial charge in [0.25, 0.3) is 5.91 Å². The Morgan fingerprint density at radius 3 is 2.41 bits per heavy atom. The van der Waals surface area contributed by atoms with E-state index in [1.807, 2.05) is 24.3 Å². The summed E-state index contributed by atoms with van der Waals surface area (Å²) < 4.78 is 10.7. The average Bonchev–Trinajstić information content (AvgIpc) is 3.24. The maximum Gasteiger partial charge on any atom is 0.255 e. The molecule has 3 rings (SSSR count). The van der Waals surface area contributed by atoms with E-state index in [2.05, 4.69) is 19.2 Å². The van der Waals surface area contributed by atoms with E-state index in [0.717, 1.165) is 17.7 Å². The fourth-order valence-corrected chi connectivity index (χ4v) is 4.12. The van der Waals surface area contributed by atoms with Crippen molar-refractivity contribution in [1.82, 2.24) is 4.90 Å². The lowest BCUT2D eigenvalue weighted by molar-refractivity contribution is -0.122. The first-order chi connectivity index (χ1) is 16.2. The number of nitrogens with zero attached hydrogens (tertiary/aromatic N) is 2. The Bertz CT molecular complexity index is 1080. The van der Waals surface area contributed by atoms with Gasteiger partial charge in [-0.1, -0.05) is 32.0 Å². The van der Waals surface area contributed by atoms with E-state index in [4.69, 9.17) is 9.47 Å².